The molecule has 2 amide bonds. The standard InChI is InChI=1S/C10H11ClN2O3/c1-6-2-3-7(11)4-8(6)10(15)13-16-5-9(12)14/h2-4H,5H2,1H3,(H2,12,14)(H,13,15). The van der Waals surface area contributed by atoms with E-state index in [1.54, 1.807) is 19.1 Å². The summed E-state index contributed by atoms with van der Waals surface area (Å²) in [6.45, 7) is 1.39. The second-order valence-electron chi connectivity index (χ2n) is 3.15. The van der Waals surface area contributed by atoms with Crippen molar-refractivity contribution in [1.82, 2.24) is 5.48 Å². The molecule has 0 saturated heterocycles. The van der Waals surface area contributed by atoms with E-state index < -0.39 is 11.8 Å². The Morgan fingerprint density at radius 2 is 2.19 bits per heavy atom. The van der Waals surface area contributed by atoms with Crippen molar-refractivity contribution in [2.24, 2.45) is 5.73 Å². The van der Waals surface area contributed by atoms with E-state index in [2.05, 4.69) is 10.3 Å². The summed E-state index contributed by atoms with van der Waals surface area (Å²) in [6.07, 6.45) is 0. The first-order valence-electron chi connectivity index (χ1n) is 4.47. The molecule has 0 spiro atoms. The Hall–Kier alpha value is -1.59. The number of carbonyl (C=O) groups is 2. The van der Waals surface area contributed by atoms with Gasteiger partial charge in [-0.15, -0.1) is 0 Å². The summed E-state index contributed by atoms with van der Waals surface area (Å²) in [5.41, 5.74) is 8.08. The molecule has 86 valence electrons. The zero-order valence-corrected chi connectivity index (χ0v) is 9.38. The highest BCUT2D eigenvalue weighted by atomic mass is 35.5. The minimum absolute atomic E-state index is 0.370. The number of benzene rings is 1. The number of aryl methyl sites for hydroxylation is 1. The number of halogens is 1. The van der Waals surface area contributed by atoms with Gasteiger partial charge < -0.3 is 5.73 Å². The maximum Gasteiger partial charge on any atom is 0.275 e. The number of carbonyl (C=O) groups excluding carboxylic acids is 2. The maximum atomic E-state index is 11.6. The third-order valence-corrected chi connectivity index (χ3v) is 2.06. The highest BCUT2D eigenvalue weighted by Gasteiger charge is 2.09. The largest absolute Gasteiger partial charge is 0.368 e. The number of hydrogen-bond donors (Lipinski definition) is 2. The van der Waals surface area contributed by atoms with Crippen LogP contribution < -0.4 is 11.2 Å². The Balaban J connectivity index is 2.65. The smallest absolute Gasteiger partial charge is 0.275 e. The lowest BCUT2D eigenvalue weighted by molar-refractivity contribution is -0.124. The van der Waals surface area contributed by atoms with Crippen LogP contribution in [0.25, 0.3) is 0 Å². The van der Waals surface area contributed by atoms with Crippen molar-refractivity contribution >= 4 is 23.4 Å². The zero-order chi connectivity index (χ0) is 12.1. The van der Waals surface area contributed by atoms with Gasteiger partial charge in [0.2, 0.25) is 5.91 Å². The first-order chi connectivity index (χ1) is 7.50. The highest BCUT2D eigenvalue weighted by molar-refractivity contribution is 6.31. The third kappa shape index (κ3) is 3.52. The zero-order valence-electron chi connectivity index (χ0n) is 8.62. The molecule has 1 aromatic carbocycles. The van der Waals surface area contributed by atoms with Crippen LogP contribution in [0.4, 0.5) is 0 Å². The average Bonchev–Trinajstić information content (AvgIpc) is 2.21. The van der Waals surface area contributed by atoms with E-state index in [1.165, 1.54) is 6.07 Å². The fourth-order valence-electron chi connectivity index (χ4n) is 1.07. The molecular formula is C10H11ClN2O3. The Morgan fingerprint density at radius 3 is 2.81 bits per heavy atom. The van der Waals surface area contributed by atoms with Crippen molar-refractivity contribution in [2.75, 3.05) is 6.61 Å². The lowest BCUT2D eigenvalue weighted by atomic mass is 10.1. The van der Waals surface area contributed by atoms with Gasteiger partial charge in [0.1, 0.15) is 0 Å². The number of amides is 2. The molecule has 0 atom stereocenters. The minimum atomic E-state index is -0.664. The lowest BCUT2D eigenvalue weighted by Crippen LogP contribution is -2.29. The molecule has 0 unspecified atom stereocenters. The second-order valence-corrected chi connectivity index (χ2v) is 3.58. The summed E-state index contributed by atoms with van der Waals surface area (Å²) in [7, 11) is 0. The SMILES string of the molecule is Cc1ccc(Cl)cc1C(=O)NOCC(N)=O. The molecule has 0 aliphatic rings. The molecule has 1 rings (SSSR count). The van der Waals surface area contributed by atoms with Gasteiger partial charge in [-0.1, -0.05) is 17.7 Å². The van der Waals surface area contributed by atoms with Crippen molar-refractivity contribution in [3.63, 3.8) is 0 Å². The number of nitrogens with two attached hydrogens (primary N) is 1. The topological polar surface area (TPSA) is 81.4 Å². The fourth-order valence-corrected chi connectivity index (χ4v) is 1.24. The molecule has 0 bridgehead atoms. The van der Waals surface area contributed by atoms with E-state index in [-0.39, 0.29) is 6.61 Å². The highest BCUT2D eigenvalue weighted by Crippen LogP contribution is 2.15. The van der Waals surface area contributed by atoms with Gasteiger partial charge in [-0.05, 0) is 24.6 Å². The van der Waals surface area contributed by atoms with Crippen LogP contribution >= 0.6 is 11.6 Å². The van der Waals surface area contributed by atoms with Crippen LogP contribution in [0.1, 0.15) is 15.9 Å². The number of hydroxylamine groups is 1. The van der Waals surface area contributed by atoms with Gasteiger partial charge in [-0.25, -0.2) is 5.48 Å². The normalized spacial score (nSPS) is 9.88. The fraction of sp³-hybridized carbons (Fsp3) is 0.200. The van der Waals surface area contributed by atoms with Crippen molar-refractivity contribution < 1.29 is 14.4 Å². The van der Waals surface area contributed by atoms with Crippen LogP contribution in [0.2, 0.25) is 5.02 Å². The lowest BCUT2D eigenvalue weighted by Gasteiger charge is -2.07. The molecule has 0 radical (unpaired) electrons. The first-order valence-corrected chi connectivity index (χ1v) is 4.85. The van der Waals surface area contributed by atoms with Gasteiger partial charge in [0.25, 0.3) is 5.91 Å². The quantitative estimate of drug-likeness (QED) is 0.766. The van der Waals surface area contributed by atoms with Crippen LogP contribution in [0.3, 0.4) is 0 Å². The molecule has 6 heteroatoms. The van der Waals surface area contributed by atoms with Gasteiger partial charge in [-0.2, -0.15) is 0 Å². The van der Waals surface area contributed by atoms with Crippen LogP contribution in [0.15, 0.2) is 18.2 Å². The molecule has 0 heterocycles. The number of rotatable bonds is 4. The molecular weight excluding hydrogens is 232 g/mol. The summed E-state index contributed by atoms with van der Waals surface area (Å²) < 4.78 is 0. The van der Waals surface area contributed by atoms with E-state index >= 15 is 0 Å². The maximum absolute atomic E-state index is 11.6. The van der Waals surface area contributed by atoms with Crippen LogP contribution in [-0.4, -0.2) is 18.4 Å². The van der Waals surface area contributed by atoms with Crippen molar-refractivity contribution in [2.45, 2.75) is 6.92 Å². The number of hydrogen-bond acceptors (Lipinski definition) is 3. The number of nitrogens with one attached hydrogen (secondary N) is 1. The predicted molar refractivity (Wildman–Crippen MR) is 58.8 cm³/mol. The second kappa shape index (κ2) is 5.48. The van der Waals surface area contributed by atoms with Gasteiger partial charge in [0.05, 0.1) is 0 Å². The molecule has 0 aliphatic carbocycles. The monoisotopic (exact) mass is 242 g/mol. The van der Waals surface area contributed by atoms with Gasteiger partial charge in [0, 0.05) is 10.6 Å². The molecule has 5 nitrogen and oxygen atoms in total. The van der Waals surface area contributed by atoms with Crippen molar-refractivity contribution in [3.8, 4) is 0 Å². The van der Waals surface area contributed by atoms with Gasteiger partial charge >= 0.3 is 0 Å². The molecule has 0 saturated carbocycles. The van der Waals surface area contributed by atoms with Crippen LogP contribution in [0, 0.1) is 6.92 Å². The Morgan fingerprint density at radius 1 is 1.50 bits per heavy atom. The summed E-state index contributed by atoms with van der Waals surface area (Å²) in [5, 5.41) is 0.450. The molecule has 0 aromatic heterocycles. The minimum Gasteiger partial charge on any atom is -0.368 e. The Labute approximate surface area is 97.5 Å². The van der Waals surface area contributed by atoms with E-state index in [0.717, 1.165) is 5.56 Å². The summed E-state index contributed by atoms with van der Waals surface area (Å²) in [6, 6.07) is 4.91. The van der Waals surface area contributed by atoms with E-state index in [0.29, 0.717) is 10.6 Å². The molecule has 1 aromatic rings. The van der Waals surface area contributed by atoms with Gasteiger partial charge in [-0.3, -0.25) is 14.4 Å². The van der Waals surface area contributed by atoms with Crippen molar-refractivity contribution in [3.05, 3.63) is 34.3 Å². The van der Waals surface area contributed by atoms with Crippen molar-refractivity contribution in [1.29, 1.82) is 0 Å². The molecule has 0 aliphatic heterocycles. The Kier molecular flexibility index (Phi) is 4.28. The third-order valence-electron chi connectivity index (χ3n) is 1.82. The first kappa shape index (κ1) is 12.5. The van der Waals surface area contributed by atoms with E-state index in [9.17, 15) is 9.59 Å². The predicted octanol–water partition coefficient (Wildman–Crippen LogP) is 0.795. The molecule has 16 heavy (non-hydrogen) atoms. The summed E-state index contributed by atoms with van der Waals surface area (Å²) in [5.74, 6) is -1.13. The average molecular weight is 243 g/mol. The Bertz CT molecular complexity index is 421. The summed E-state index contributed by atoms with van der Waals surface area (Å²) >= 11 is 5.75. The molecule has 3 N–H and O–H groups in total. The summed E-state index contributed by atoms with van der Waals surface area (Å²) in [4.78, 5) is 26.5. The van der Waals surface area contributed by atoms with Crippen LogP contribution in [-0.2, 0) is 9.63 Å². The van der Waals surface area contributed by atoms with Gasteiger partial charge in [0.15, 0.2) is 6.61 Å². The number of primary amides is 1. The van der Waals surface area contributed by atoms with E-state index in [1.807, 2.05) is 0 Å². The van der Waals surface area contributed by atoms with Crippen LogP contribution in [0.5, 0.6) is 0 Å². The van der Waals surface area contributed by atoms with E-state index in [4.69, 9.17) is 17.3 Å². The molecule has 0 fully saturated rings.